The number of rotatable bonds is 19. The third-order valence-electron chi connectivity index (χ3n) is 13.1. The first-order chi connectivity index (χ1) is 30.7. The van der Waals surface area contributed by atoms with Gasteiger partial charge in [-0.2, -0.15) is 4.31 Å². The number of halogens is 1. The number of benzene rings is 3. The minimum absolute atomic E-state index is 0.00608. The van der Waals surface area contributed by atoms with E-state index in [2.05, 4.69) is 17.6 Å². The van der Waals surface area contributed by atoms with Gasteiger partial charge in [0.1, 0.15) is 28.8 Å². The van der Waals surface area contributed by atoms with E-state index < -0.39 is 34.1 Å². The van der Waals surface area contributed by atoms with Crippen LogP contribution < -0.4 is 9.47 Å². The monoisotopic (exact) mass is 883 g/mol. The SMILES string of the molecule is C=CCO[C@@]12Oc3ccc(OCc4ccccc4F)cc3[C@H]3[C@H](CCCCO)[C@@H](CCCCO)C=C(C(=NOC4CCCCO4)C[C@@H]1N(C)S(=O)(=O)c1cccc4cccnc14)[C@H]32. The number of hydrogen-bond acceptors (Lipinski definition) is 11. The molecule has 14 heteroatoms. The third-order valence-corrected chi connectivity index (χ3v) is 15.0. The van der Waals surface area contributed by atoms with Gasteiger partial charge in [-0.3, -0.25) is 4.98 Å². The molecule has 4 aromatic rings. The van der Waals surface area contributed by atoms with Gasteiger partial charge in [-0.05, 0) is 92.3 Å². The van der Waals surface area contributed by atoms with Crippen molar-refractivity contribution in [2.45, 2.75) is 99.7 Å². The van der Waals surface area contributed by atoms with Crippen LogP contribution in [0, 0.1) is 23.6 Å². The van der Waals surface area contributed by atoms with Crippen molar-refractivity contribution in [2.24, 2.45) is 22.9 Å². The van der Waals surface area contributed by atoms with Gasteiger partial charge >= 0.3 is 0 Å². The number of pyridine rings is 1. The molecule has 2 fully saturated rings. The van der Waals surface area contributed by atoms with E-state index in [4.69, 9.17) is 28.9 Å². The smallest absolute Gasteiger partial charge is 0.245 e. The van der Waals surface area contributed by atoms with Crippen LogP contribution in [0.4, 0.5) is 4.39 Å². The van der Waals surface area contributed by atoms with Gasteiger partial charge in [0.15, 0.2) is 0 Å². The van der Waals surface area contributed by atoms with Gasteiger partial charge in [-0.15, -0.1) is 6.58 Å². The Bertz CT molecular complexity index is 2400. The fourth-order valence-electron chi connectivity index (χ4n) is 10.1. The molecular weight excluding hydrogens is 826 g/mol. The van der Waals surface area contributed by atoms with E-state index in [1.54, 1.807) is 61.8 Å². The van der Waals surface area contributed by atoms with Gasteiger partial charge in [0, 0.05) is 61.7 Å². The predicted molar refractivity (Wildman–Crippen MR) is 237 cm³/mol. The number of ether oxygens (including phenoxy) is 4. The summed E-state index contributed by atoms with van der Waals surface area (Å²) in [7, 11) is -2.74. The molecule has 4 aliphatic rings. The third kappa shape index (κ3) is 9.16. The molecule has 0 radical (unpaired) electrons. The maximum absolute atomic E-state index is 15.2. The number of para-hydroxylation sites is 1. The van der Waals surface area contributed by atoms with Crippen LogP contribution in [-0.2, 0) is 30.9 Å². The van der Waals surface area contributed by atoms with Crippen LogP contribution in [0.5, 0.6) is 11.5 Å². The number of nitrogens with zero attached hydrogens (tertiary/aromatic N) is 3. The summed E-state index contributed by atoms with van der Waals surface area (Å²) in [6.45, 7) is 4.71. The average Bonchev–Trinajstić information content (AvgIpc) is 3.31. The predicted octanol–water partition coefficient (Wildman–Crippen LogP) is 8.43. The molecule has 3 heterocycles. The number of sulfonamides is 1. The molecule has 2 N–H and O–H groups in total. The van der Waals surface area contributed by atoms with Gasteiger partial charge in [0.25, 0.3) is 0 Å². The number of oxime groups is 1. The Hall–Kier alpha value is -4.70. The van der Waals surface area contributed by atoms with E-state index in [1.807, 2.05) is 24.3 Å². The summed E-state index contributed by atoms with van der Waals surface area (Å²) in [5.41, 5.74) is 3.01. The molecule has 7 atom stereocenters. The first kappa shape index (κ1) is 44.9. The Morgan fingerprint density at radius 3 is 2.60 bits per heavy atom. The van der Waals surface area contributed by atoms with Gasteiger partial charge < -0.3 is 34.0 Å². The van der Waals surface area contributed by atoms with Crippen molar-refractivity contribution in [3.8, 4) is 11.5 Å². The largest absolute Gasteiger partial charge is 0.489 e. The number of aliphatic hydroxyl groups excluding tert-OH is 2. The second kappa shape index (κ2) is 20.0. The quantitative estimate of drug-likeness (QED) is 0.0534. The minimum atomic E-state index is -4.30. The lowest BCUT2D eigenvalue weighted by molar-refractivity contribution is -0.250. The molecule has 0 amide bonds. The molecule has 1 saturated heterocycles. The van der Waals surface area contributed by atoms with Crippen LogP contribution in [0.15, 0.2) is 113 Å². The number of aliphatic hydroxyl groups is 2. The van der Waals surface area contributed by atoms with E-state index in [-0.39, 0.29) is 61.3 Å². The topological polar surface area (TPSA) is 149 Å². The summed E-state index contributed by atoms with van der Waals surface area (Å²) >= 11 is 0. The van der Waals surface area contributed by atoms with E-state index in [0.29, 0.717) is 59.5 Å². The summed E-state index contributed by atoms with van der Waals surface area (Å²) in [5, 5.41) is 25.4. The number of likely N-dealkylation sites (N-methyl/N-ethyl adjacent to an activating group) is 1. The molecule has 0 spiro atoms. The molecule has 1 saturated carbocycles. The molecule has 2 aliphatic carbocycles. The van der Waals surface area contributed by atoms with Crippen molar-refractivity contribution in [1.82, 2.24) is 9.29 Å². The fourth-order valence-corrected chi connectivity index (χ4v) is 11.6. The van der Waals surface area contributed by atoms with Crippen LogP contribution in [-0.4, -0.2) is 85.2 Å². The summed E-state index contributed by atoms with van der Waals surface area (Å²) in [6.07, 6.45) is 11.8. The first-order valence-corrected chi connectivity index (χ1v) is 23.7. The van der Waals surface area contributed by atoms with Crippen molar-refractivity contribution in [1.29, 1.82) is 0 Å². The zero-order valence-corrected chi connectivity index (χ0v) is 36.6. The van der Waals surface area contributed by atoms with Gasteiger partial charge in [-0.1, -0.05) is 66.5 Å². The van der Waals surface area contributed by atoms with Crippen LogP contribution in [0.25, 0.3) is 10.9 Å². The van der Waals surface area contributed by atoms with Crippen molar-refractivity contribution >= 4 is 26.6 Å². The maximum Gasteiger partial charge on any atom is 0.245 e. The average molecular weight is 884 g/mol. The molecule has 1 aromatic heterocycles. The van der Waals surface area contributed by atoms with Gasteiger partial charge in [0.2, 0.25) is 22.1 Å². The lowest BCUT2D eigenvalue weighted by Crippen LogP contribution is -2.69. The zero-order valence-electron chi connectivity index (χ0n) is 35.8. The van der Waals surface area contributed by atoms with E-state index in [1.165, 1.54) is 10.4 Å². The Morgan fingerprint density at radius 2 is 1.83 bits per heavy atom. The molecule has 336 valence electrons. The highest BCUT2D eigenvalue weighted by molar-refractivity contribution is 7.89. The zero-order chi connectivity index (χ0) is 44.0. The van der Waals surface area contributed by atoms with Crippen molar-refractivity contribution in [2.75, 3.05) is 33.5 Å². The first-order valence-electron chi connectivity index (χ1n) is 22.2. The number of fused-ring (bicyclic) bond motifs is 3. The Balaban J connectivity index is 1.32. The summed E-state index contributed by atoms with van der Waals surface area (Å²) in [4.78, 5) is 10.8. The second-order valence-corrected chi connectivity index (χ2v) is 18.9. The van der Waals surface area contributed by atoms with Crippen LogP contribution in [0.2, 0.25) is 0 Å². The molecule has 63 heavy (non-hydrogen) atoms. The van der Waals surface area contributed by atoms with Gasteiger partial charge in [0.05, 0.1) is 36.4 Å². The molecule has 8 rings (SSSR count). The van der Waals surface area contributed by atoms with E-state index >= 15 is 8.42 Å². The highest BCUT2D eigenvalue weighted by Crippen LogP contribution is 2.62. The molecule has 3 aromatic carbocycles. The lowest BCUT2D eigenvalue weighted by atomic mass is 9.55. The fraction of sp³-hybridized carbons (Fsp3) is 0.469. The molecule has 2 aliphatic heterocycles. The summed E-state index contributed by atoms with van der Waals surface area (Å²) in [6, 6.07) is 19.8. The van der Waals surface area contributed by atoms with Crippen LogP contribution >= 0.6 is 0 Å². The standard InChI is InChI=1S/C49H58FN3O9S/c1-3-27-60-49-44(53(2)63(56,57)43-20-12-16-33-17-13-24-51-48(33)43)31-41(52-62-45-21-8-11-28-58-45)38-29-34(14-6-9-25-54)37(18-7-10-26-55)46(47(38)49)39-30-36(22-23-42(39)61-49)59-32-35-15-4-5-19-40(35)50/h3-5,12-13,15-17,19-20,22-24,29-30,34,37,44-47,54-55H,1,6-11,14,18,21,25-28,31-32H2,2H3/t34-,37+,44-,45?,46+,47+,49+/m0/s1. The number of aromatic nitrogens is 1. The Labute approximate surface area is 369 Å². The normalized spacial score (nSPS) is 26.1. The molecule has 0 bridgehead atoms. The number of unbranched alkanes of at least 4 members (excludes halogenated alkanes) is 2. The van der Waals surface area contributed by atoms with Crippen LogP contribution in [0.3, 0.4) is 0 Å². The van der Waals surface area contributed by atoms with Crippen molar-refractivity contribution in [3.05, 3.63) is 120 Å². The van der Waals surface area contributed by atoms with Crippen molar-refractivity contribution < 1.29 is 46.8 Å². The highest BCUT2D eigenvalue weighted by atomic mass is 32.2. The summed E-state index contributed by atoms with van der Waals surface area (Å²) < 4.78 is 73.0. The number of allylic oxidation sites excluding steroid dienone is 1. The van der Waals surface area contributed by atoms with Crippen LogP contribution in [0.1, 0.15) is 81.3 Å². The molecular formula is C49H58FN3O9S. The Morgan fingerprint density at radius 1 is 1.02 bits per heavy atom. The summed E-state index contributed by atoms with van der Waals surface area (Å²) in [5.74, 6) is -1.97. The second-order valence-electron chi connectivity index (χ2n) is 16.9. The molecule has 1 unspecified atom stereocenters. The minimum Gasteiger partial charge on any atom is -0.489 e. The maximum atomic E-state index is 15.2. The van der Waals surface area contributed by atoms with E-state index in [0.717, 1.165) is 49.7 Å². The molecule has 12 nitrogen and oxygen atoms in total. The number of hydrogen-bond donors (Lipinski definition) is 2. The lowest BCUT2D eigenvalue weighted by Gasteiger charge is -2.59. The van der Waals surface area contributed by atoms with Gasteiger partial charge in [-0.25, -0.2) is 12.8 Å². The highest BCUT2D eigenvalue weighted by Gasteiger charge is 2.66. The van der Waals surface area contributed by atoms with Crippen molar-refractivity contribution in [3.63, 3.8) is 0 Å². The Kier molecular flexibility index (Phi) is 14.2. The van der Waals surface area contributed by atoms with E-state index in [9.17, 15) is 14.6 Å².